The van der Waals surface area contributed by atoms with Gasteiger partial charge in [-0.1, -0.05) is 6.42 Å². The molecule has 0 unspecified atom stereocenters. The van der Waals surface area contributed by atoms with Crippen LogP contribution in [0.3, 0.4) is 0 Å². The second kappa shape index (κ2) is 1.50. The molecule has 0 atom stereocenters. The van der Waals surface area contributed by atoms with E-state index < -0.39 is 0 Å². The van der Waals surface area contributed by atoms with Crippen LogP contribution in [0.5, 0.6) is 0 Å². The van der Waals surface area contributed by atoms with Crippen molar-refractivity contribution in [3.63, 3.8) is 0 Å². The summed E-state index contributed by atoms with van der Waals surface area (Å²) in [7, 11) is 0. The molecule has 0 spiro atoms. The predicted octanol–water partition coefficient (Wildman–Crippen LogP) is 2.09. The molecule has 9 heavy (non-hydrogen) atoms. The lowest BCUT2D eigenvalue weighted by molar-refractivity contribution is 0.179. The van der Waals surface area contributed by atoms with Gasteiger partial charge in [-0.15, -0.1) is 0 Å². The maximum Gasteiger partial charge on any atom is 0.0692 e. The number of rotatable bonds is 1. The molecule has 0 radical (unpaired) electrons. The van der Waals surface area contributed by atoms with Crippen molar-refractivity contribution in [2.75, 3.05) is 0 Å². The van der Waals surface area contributed by atoms with Crippen LogP contribution in [0.4, 0.5) is 0 Å². The molecule has 2 rings (SSSR count). The maximum atomic E-state index is 8.80. The Morgan fingerprint density at radius 1 is 1.33 bits per heavy atom. The molecule has 0 amide bonds. The molecule has 48 valence electrons. The lowest BCUT2D eigenvalue weighted by atomic mass is 9.66. The van der Waals surface area contributed by atoms with Crippen molar-refractivity contribution in [1.29, 1.82) is 5.26 Å². The first-order valence-electron chi connectivity index (χ1n) is 3.79. The third-order valence-corrected chi connectivity index (χ3v) is 2.83. The molecule has 2 aliphatic carbocycles. The molecular formula is C8H11N. The van der Waals surface area contributed by atoms with Gasteiger partial charge in [0.25, 0.3) is 0 Å². The van der Waals surface area contributed by atoms with Crippen molar-refractivity contribution in [3.05, 3.63) is 0 Å². The Bertz CT molecular complexity index is 158. The Kier molecular flexibility index (Phi) is 0.883. The van der Waals surface area contributed by atoms with Gasteiger partial charge < -0.3 is 0 Å². The van der Waals surface area contributed by atoms with Crippen LogP contribution in [-0.2, 0) is 0 Å². The monoisotopic (exact) mass is 121 g/mol. The van der Waals surface area contributed by atoms with Crippen molar-refractivity contribution in [3.8, 4) is 6.07 Å². The van der Waals surface area contributed by atoms with Crippen LogP contribution in [0.2, 0.25) is 0 Å². The molecule has 0 saturated heterocycles. The predicted molar refractivity (Wildman–Crippen MR) is 34.6 cm³/mol. The van der Waals surface area contributed by atoms with E-state index in [9.17, 15) is 0 Å². The summed E-state index contributed by atoms with van der Waals surface area (Å²) in [5.41, 5.74) is 0.181. The smallest absolute Gasteiger partial charge is 0.0692 e. The summed E-state index contributed by atoms with van der Waals surface area (Å²) >= 11 is 0. The largest absolute Gasteiger partial charge is 0.198 e. The molecule has 0 aliphatic heterocycles. The van der Waals surface area contributed by atoms with Crippen molar-refractivity contribution in [1.82, 2.24) is 0 Å². The highest BCUT2D eigenvalue weighted by atomic mass is 14.5. The van der Waals surface area contributed by atoms with E-state index in [2.05, 4.69) is 6.07 Å². The zero-order valence-electron chi connectivity index (χ0n) is 5.56. The highest BCUT2D eigenvalue weighted by Crippen LogP contribution is 2.56. The number of nitrogens with zero attached hydrogens (tertiary/aromatic N) is 1. The number of hydrogen-bond donors (Lipinski definition) is 0. The van der Waals surface area contributed by atoms with Gasteiger partial charge in [-0.25, -0.2) is 0 Å². The Balaban J connectivity index is 2.10. The Morgan fingerprint density at radius 2 is 2.00 bits per heavy atom. The lowest BCUT2D eigenvalue weighted by Crippen LogP contribution is -2.29. The average molecular weight is 121 g/mol. The normalized spacial score (nSPS) is 30.6. The van der Waals surface area contributed by atoms with Crippen molar-refractivity contribution >= 4 is 0 Å². The molecule has 0 bridgehead atoms. The SMILES string of the molecule is N#CC1(C2CC2)CCC1. The van der Waals surface area contributed by atoms with Crippen LogP contribution >= 0.6 is 0 Å². The Hall–Kier alpha value is -0.510. The van der Waals surface area contributed by atoms with E-state index in [0.717, 1.165) is 5.92 Å². The third-order valence-electron chi connectivity index (χ3n) is 2.83. The maximum absolute atomic E-state index is 8.80. The molecule has 1 heteroatoms. The van der Waals surface area contributed by atoms with E-state index in [1.54, 1.807) is 0 Å². The van der Waals surface area contributed by atoms with E-state index in [4.69, 9.17) is 5.26 Å². The van der Waals surface area contributed by atoms with Crippen LogP contribution in [-0.4, -0.2) is 0 Å². The molecule has 2 saturated carbocycles. The van der Waals surface area contributed by atoms with Gasteiger partial charge in [0.1, 0.15) is 0 Å². The van der Waals surface area contributed by atoms with E-state index in [0.29, 0.717) is 0 Å². The second-order valence-corrected chi connectivity index (χ2v) is 3.40. The van der Waals surface area contributed by atoms with Crippen LogP contribution in [0.1, 0.15) is 32.1 Å². The second-order valence-electron chi connectivity index (χ2n) is 3.40. The van der Waals surface area contributed by atoms with Gasteiger partial charge in [0, 0.05) is 0 Å². The minimum atomic E-state index is 0.181. The van der Waals surface area contributed by atoms with E-state index >= 15 is 0 Å². The quantitative estimate of drug-likeness (QED) is 0.521. The summed E-state index contributed by atoms with van der Waals surface area (Å²) in [6.07, 6.45) is 6.33. The van der Waals surface area contributed by atoms with Crippen LogP contribution < -0.4 is 0 Å². The minimum absolute atomic E-state index is 0.181. The van der Waals surface area contributed by atoms with Crippen LogP contribution in [0.25, 0.3) is 0 Å². The van der Waals surface area contributed by atoms with E-state index in [1.165, 1.54) is 32.1 Å². The summed E-state index contributed by atoms with van der Waals surface area (Å²) in [5.74, 6) is 0.802. The zero-order chi connectivity index (χ0) is 6.32. The topological polar surface area (TPSA) is 23.8 Å². The minimum Gasteiger partial charge on any atom is -0.198 e. The van der Waals surface area contributed by atoms with Gasteiger partial charge in [0.05, 0.1) is 11.5 Å². The standard InChI is InChI=1S/C8H11N/c9-6-8(4-1-5-8)7-2-3-7/h7H,1-5H2. The highest BCUT2D eigenvalue weighted by molar-refractivity contribution is 5.11. The molecule has 0 aromatic carbocycles. The summed E-state index contributed by atoms with van der Waals surface area (Å²) in [6.45, 7) is 0. The lowest BCUT2D eigenvalue weighted by Gasteiger charge is -2.35. The van der Waals surface area contributed by atoms with Crippen molar-refractivity contribution in [2.45, 2.75) is 32.1 Å². The molecule has 0 aromatic rings. The molecular weight excluding hydrogens is 110 g/mol. The van der Waals surface area contributed by atoms with Gasteiger partial charge in [-0.2, -0.15) is 5.26 Å². The summed E-state index contributed by atoms with van der Waals surface area (Å²) in [5, 5.41) is 8.80. The fourth-order valence-corrected chi connectivity index (χ4v) is 1.80. The first-order valence-corrected chi connectivity index (χ1v) is 3.79. The number of hydrogen-bond acceptors (Lipinski definition) is 1. The summed E-state index contributed by atoms with van der Waals surface area (Å²) in [6, 6.07) is 2.48. The van der Waals surface area contributed by atoms with Gasteiger partial charge in [0.2, 0.25) is 0 Å². The average Bonchev–Trinajstić information content (AvgIpc) is 2.47. The van der Waals surface area contributed by atoms with Crippen molar-refractivity contribution in [2.24, 2.45) is 11.3 Å². The number of nitriles is 1. The van der Waals surface area contributed by atoms with Crippen LogP contribution in [0, 0.1) is 22.7 Å². The molecule has 0 N–H and O–H groups in total. The Morgan fingerprint density at radius 3 is 2.11 bits per heavy atom. The van der Waals surface area contributed by atoms with Gasteiger partial charge in [0.15, 0.2) is 0 Å². The van der Waals surface area contributed by atoms with Crippen molar-refractivity contribution < 1.29 is 0 Å². The Labute approximate surface area is 55.7 Å². The fraction of sp³-hybridized carbons (Fsp3) is 0.875. The molecule has 0 aromatic heterocycles. The third kappa shape index (κ3) is 0.594. The molecule has 2 fully saturated rings. The summed E-state index contributed by atoms with van der Waals surface area (Å²) in [4.78, 5) is 0. The van der Waals surface area contributed by atoms with E-state index in [-0.39, 0.29) is 5.41 Å². The fourth-order valence-electron chi connectivity index (χ4n) is 1.80. The van der Waals surface area contributed by atoms with Gasteiger partial charge in [-0.3, -0.25) is 0 Å². The van der Waals surface area contributed by atoms with Crippen LogP contribution in [0.15, 0.2) is 0 Å². The summed E-state index contributed by atoms with van der Waals surface area (Å²) < 4.78 is 0. The highest BCUT2D eigenvalue weighted by Gasteiger charge is 2.49. The van der Waals surface area contributed by atoms with Gasteiger partial charge in [-0.05, 0) is 31.6 Å². The molecule has 0 heterocycles. The molecule has 1 nitrogen and oxygen atoms in total. The van der Waals surface area contributed by atoms with Gasteiger partial charge >= 0.3 is 0 Å². The first-order chi connectivity index (χ1) is 4.37. The zero-order valence-corrected chi connectivity index (χ0v) is 5.56. The van der Waals surface area contributed by atoms with E-state index in [1.807, 2.05) is 0 Å². The molecule has 2 aliphatic rings. The first kappa shape index (κ1) is 5.29.